The van der Waals surface area contributed by atoms with Crippen LogP contribution in [0.4, 0.5) is 11.5 Å². The predicted molar refractivity (Wildman–Crippen MR) is 106 cm³/mol. The number of carbonyl (C=O) groups is 1. The fraction of sp³-hybridized carbons (Fsp3) is 0.368. The smallest absolute Gasteiger partial charge is 0.283 e. The summed E-state index contributed by atoms with van der Waals surface area (Å²) in [5.41, 5.74) is 5.43. The minimum atomic E-state index is -0.214. The van der Waals surface area contributed by atoms with E-state index in [2.05, 4.69) is 20.7 Å². The normalized spacial score (nSPS) is 14.7. The van der Waals surface area contributed by atoms with Crippen LogP contribution in [0.1, 0.15) is 16.2 Å². The van der Waals surface area contributed by atoms with Gasteiger partial charge >= 0.3 is 0 Å². The van der Waals surface area contributed by atoms with Crippen LogP contribution in [0.2, 0.25) is 0 Å². The lowest BCUT2D eigenvalue weighted by atomic mass is 10.2. The van der Waals surface area contributed by atoms with E-state index >= 15 is 0 Å². The number of ether oxygens (including phenoxy) is 1. The van der Waals surface area contributed by atoms with Gasteiger partial charge in [0, 0.05) is 39.4 Å². The van der Waals surface area contributed by atoms with Crippen molar-refractivity contribution in [1.82, 2.24) is 30.4 Å². The van der Waals surface area contributed by atoms with Crippen LogP contribution in [0, 0.1) is 6.92 Å². The standard InChI is InChI=1S/C19H23N7O3/c1-13-18(17(23-29-13)14-6-4-5-7-20-14)24(2)16-12-15(25(3)21-16)19(27)22-26-8-10-28-11-9-26/h4-7,12H,8-11H2,1-3H3,(H,22,27). The van der Waals surface area contributed by atoms with Gasteiger partial charge in [-0.1, -0.05) is 11.2 Å². The second kappa shape index (κ2) is 8.02. The summed E-state index contributed by atoms with van der Waals surface area (Å²) in [6.45, 7) is 4.35. The Morgan fingerprint density at radius 2 is 2.07 bits per heavy atom. The Kier molecular flexibility index (Phi) is 5.28. The predicted octanol–water partition coefficient (Wildman–Crippen LogP) is 1.52. The maximum absolute atomic E-state index is 12.7. The zero-order valence-corrected chi connectivity index (χ0v) is 16.6. The average molecular weight is 397 g/mol. The van der Waals surface area contributed by atoms with Gasteiger partial charge in [0.1, 0.15) is 11.4 Å². The van der Waals surface area contributed by atoms with Gasteiger partial charge in [0.05, 0.1) is 18.9 Å². The highest BCUT2D eigenvalue weighted by Crippen LogP contribution is 2.35. The molecule has 0 aliphatic carbocycles. The number of hydrogen-bond donors (Lipinski definition) is 1. The summed E-state index contributed by atoms with van der Waals surface area (Å²) in [5.74, 6) is 1.02. The molecular weight excluding hydrogens is 374 g/mol. The number of nitrogens with one attached hydrogen (secondary N) is 1. The van der Waals surface area contributed by atoms with Crippen LogP contribution in [-0.4, -0.2) is 64.2 Å². The highest BCUT2D eigenvalue weighted by atomic mass is 16.5. The van der Waals surface area contributed by atoms with E-state index in [9.17, 15) is 4.79 Å². The molecule has 3 aromatic heterocycles. The number of aromatic nitrogens is 4. The maximum atomic E-state index is 12.7. The molecule has 4 heterocycles. The van der Waals surface area contributed by atoms with Crippen molar-refractivity contribution in [1.29, 1.82) is 0 Å². The van der Waals surface area contributed by atoms with Crippen molar-refractivity contribution in [2.45, 2.75) is 6.92 Å². The van der Waals surface area contributed by atoms with Crippen LogP contribution in [-0.2, 0) is 11.8 Å². The molecule has 0 unspecified atom stereocenters. The first-order valence-electron chi connectivity index (χ1n) is 9.33. The Bertz CT molecular complexity index is 993. The van der Waals surface area contributed by atoms with Crippen molar-refractivity contribution in [2.75, 3.05) is 38.3 Å². The van der Waals surface area contributed by atoms with Crippen molar-refractivity contribution in [3.05, 3.63) is 41.9 Å². The van der Waals surface area contributed by atoms with E-state index in [4.69, 9.17) is 9.26 Å². The maximum Gasteiger partial charge on any atom is 0.283 e. The van der Waals surface area contributed by atoms with Gasteiger partial charge in [-0.25, -0.2) is 5.01 Å². The summed E-state index contributed by atoms with van der Waals surface area (Å²) < 4.78 is 12.3. The van der Waals surface area contributed by atoms with E-state index in [1.807, 2.05) is 42.1 Å². The summed E-state index contributed by atoms with van der Waals surface area (Å²) >= 11 is 0. The lowest BCUT2D eigenvalue weighted by Gasteiger charge is -2.26. The molecule has 1 aliphatic heterocycles. The van der Waals surface area contributed by atoms with Crippen LogP contribution >= 0.6 is 0 Å². The molecule has 1 N–H and O–H groups in total. The Morgan fingerprint density at radius 1 is 1.28 bits per heavy atom. The highest BCUT2D eigenvalue weighted by Gasteiger charge is 2.24. The fourth-order valence-corrected chi connectivity index (χ4v) is 3.25. The number of rotatable bonds is 5. The molecule has 0 aromatic carbocycles. The van der Waals surface area contributed by atoms with E-state index in [0.29, 0.717) is 55.0 Å². The number of morpholine rings is 1. The first-order valence-corrected chi connectivity index (χ1v) is 9.33. The largest absolute Gasteiger partial charge is 0.379 e. The molecular formula is C19H23N7O3. The average Bonchev–Trinajstić information content (AvgIpc) is 3.32. The number of hydrogen-bond acceptors (Lipinski definition) is 8. The molecule has 0 atom stereocenters. The van der Waals surface area contributed by atoms with Gasteiger partial charge in [-0.3, -0.25) is 19.9 Å². The molecule has 10 nitrogen and oxygen atoms in total. The monoisotopic (exact) mass is 397 g/mol. The number of hydrazine groups is 1. The number of carbonyl (C=O) groups excluding carboxylic acids is 1. The second-order valence-corrected chi connectivity index (χ2v) is 6.76. The van der Waals surface area contributed by atoms with Gasteiger partial charge in [0.25, 0.3) is 5.91 Å². The van der Waals surface area contributed by atoms with Crippen molar-refractivity contribution < 1.29 is 14.1 Å². The molecule has 0 saturated carbocycles. The van der Waals surface area contributed by atoms with E-state index in [1.54, 1.807) is 24.0 Å². The van der Waals surface area contributed by atoms with Crippen molar-refractivity contribution in [3.8, 4) is 11.4 Å². The highest BCUT2D eigenvalue weighted by molar-refractivity contribution is 5.93. The summed E-state index contributed by atoms with van der Waals surface area (Å²) in [6.07, 6.45) is 1.71. The Balaban J connectivity index is 1.59. The number of nitrogens with zero attached hydrogens (tertiary/aromatic N) is 6. The minimum Gasteiger partial charge on any atom is -0.379 e. The lowest BCUT2D eigenvalue weighted by molar-refractivity contribution is 0.0123. The SMILES string of the molecule is Cc1onc(-c2ccccn2)c1N(C)c1cc(C(=O)NN2CCOCC2)n(C)n1. The topological polar surface area (TPSA) is 102 Å². The molecule has 4 rings (SSSR count). The lowest BCUT2D eigenvalue weighted by Crippen LogP contribution is -2.48. The summed E-state index contributed by atoms with van der Waals surface area (Å²) in [6, 6.07) is 7.35. The van der Waals surface area contributed by atoms with Crippen molar-refractivity contribution >= 4 is 17.4 Å². The molecule has 29 heavy (non-hydrogen) atoms. The van der Waals surface area contributed by atoms with E-state index in [1.165, 1.54) is 0 Å². The molecule has 1 aliphatic rings. The molecule has 1 amide bonds. The van der Waals surface area contributed by atoms with Gasteiger partial charge in [0.2, 0.25) is 0 Å². The summed E-state index contributed by atoms with van der Waals surface area (Å²) in [4.78, 5) is 18.9. The van der Waals surface area contributed by atoms with E-state index < -0.39 is 0 Å². The van der Waals surface area contributed by atoms with Gasteiger partial charge in [-0.15, -0.1) is 0 Å². The van der Waals surface area contributed by atoms with Crippen molar-refractivity contribution in [2.24, 2.45) is 7.05 Å². The number of aryl methyl sites for hydroxylation is 2. The molecule has 0 radical (unpaired) electrons. The first-order chi connectivity index (χ1) is 14.0. The number of anilines is 2. The summed E-state index contributed by atoms with van der Waals surface area (Å²) in [7, 11) is 3.60. The molecule has 0 spiro atoms. The molecule has 0 bridgehead atoms. The van der Waals surface area contributed by atoms with Crippen LogP contribution in [0.3, 0.4) is 0 Å². The van der Waals surface area contributed by atoms with Crippen LogP contribution in [0.15, 0.2) is 35.0 Å². The molecule has 1 fully saturated rings. The third kappa shape index (κ3) is 3.84. The number of amides is 1. The molecule has 3 aromatic rings. The Labute approximate surface area is 168 Å². The van der Waals surface area contributed by atoms with Crippen molar-refractivity contribution in [3.63, 3.8) is 0 Å². The van der Waals surface area contributed by atoms with E-state index in [0.717, 1.165) is 5.69 Å². The Hall–Kier alpha value is -3.24. The third-order valence-electron chi connectivity index (χ3n) is 4.79. The zero-order chi connectivity index (χ0) is 20.4. The number of pyridine rings is 1. The van der Waals surface area contributed by atoms with Crippen LogP contribution < -0.4 is 10.3 Å². The zero-order valence-electron chi connectivity index (χ0n) is 16.6. The first kappa shape index (κ1) is 19.1. The quantitative estimate of drug-likeness (QED) is 0.692. The van der Waals surface area contributed by atoms with Gasteiger partial charge in [-0.2, -0.15) is 5.10 Å². The second-order valence-electron chi connectivity index (χ2n) is 6.76. The third-order valence-corrected chi connectivity index (χ3v) is 4.79. The van der Waals surface area contributed by atoms with Crippen LogP contribution in [0.25, 0.3) is 11.4 Å². The summed E-state index contributed by atoms with van der Waals surface area (Å²) in [5, 5.41) is 10.5. The molecule has 152 valence electrons. The molecule has 10 heteroatoms. The molecule has 1 saturated heterocycles. The minimum absolute atomic E-state index is 0.214. The van der Waals surface area contributed by atoms with Gasteiger partial charge in [-0.05, 0) is 19.1 Å². The van der Waals surface area contributed by atoms with Crippen LogP contribution in [0.5, 0.6) is 0 Å². The van der Waals surface area contributed by atoms with Gasteiger partial charge < -0.3 is 14.2 Å². The Morgan fingerprint density at radius 3 is 2.79 bits per heavy atom. The fourth-order valence-electron chi connectivity index (χ4n) is 3.25. The van der Waals surface area contributed by atoms with E-state index in [-0.39, 0.29) is 5.91 Å². The van der Waals surface area contributed by atoms with Gasteiger partial charge in [0.15, 0.2) is 17.3 Å².